The van der Waals surface area contributed by atoms with E-state index in [-0.39, 0.29) is 18.1 Å². The maximum Gasteiger partial charge on any atom is 0.264 e. The van der Waals surface area contributed by atoms with E-state index in [0.717, 1.165) is 5.39 Å². The Morgan fingerprint density at radius 2 is 2.00 bits per heavy atom. The molecule has 0 unspecified atom stereocenters. The van der Waals surface area contributed by atoms with E-state index in [1.165, 1.54) is 0 Å². The van der Waals surface area contributed by atoms with Crippen LogP contribution in [0.4, 0.5) is 0 Å². The van der Waals surface area contributed by atoms with Crippen LogP contribution >= 0.6 is 0 Å². The average molecular weight is 308 g/mol. The lowest BCUT2D eigenvalue weighted by Crippen LogP contribution is -2.09. The molecule has 0 atom stereocenters. The maximum atomic E-state index is 12.3. The van der Waals surface area contributed by atoms with E-state index in [1.54, 1.807) is 18.2 Å². The second-order valence-corrected chi connectivity index (χ2v) is 5.18. The van der Waals surface area contributed by atoms with Gasteiger partial charge in [-0.2, -0.15) is 0 Å². The van der Waals surface area contributed by atoms with Crippen molar-refractivity contribution in [3.63, 3.8) is 0 Å². The Morgan fingerprint density at radius 1 is 1.17 bits per heavy atom. The molecule has 0 saturated heterocycles. The quantitative estimate of drug-likeness (QED) is 0.494. The van der Waals surface area contributed by atoms with Crippen LogP contribution < -0.4 is 5.56 Å². The number of aliphatic hydroxyl groups excluding tert-OH is 1. The number of rotatable bonds is 2. The summed E-state index contributed by atoms with van der Waals surface area (Å²) in [6.07, 6.45) is 0. The summed E-state index contributed by atoms with van der Waals surface area (Å²) >= 11 is 0. The summed E-state index contributed by atoms with van der Waals surface area (Å²) in [6.45, 7) is -0.260. The molecule has 23 heavy (non-hydrogen) atoms. The Hall–Kier alpha value is -3.12. The van der Waals surface area contributed by atoms with Gasteiger partial charge in [-0.25, -0.2) is 4.98 Å². The minimum absolute atomic E-state index is 0.225. The van der Waals surface area contributed by atoms with E-state index in [4.69, 9.17) is 9.52 Å². The fourth-order valence-electron chi connectivity index (χ4n) is 2.66. The van der Waals surface area contributed by atoms with Crippen LogP contribution in [0.1, 0.15) is 5.76 Å². The predicted molar refractivity (Wildman–Crippen MR) is 85.2 cm³/mol. The number of hydrogen-bond donors (Lipinski definition) is 3. The molecular formula is C17H12N2O4. The first-order valence-corrected chi connectivity index (χ1v) is 7.02. The minimum atomic E-state index is -0.503. The van der Waals surface area contributed by atoms with Gasteiger partial charge in [0, 0.05) is 5.39 Å². The normalized spacial score (nSPS) is 11.3. The van der Waals surface area contributed by atoms with Gasteiger partial charge in [-0.15, -0.1) is 0 Å². The first-order chi connectivity index (χ1) is 11.2. The Kier molecular flexibility index (Phi) is 2.92. The molecule has 114 valence electrons. The molecule has 0 fully saturated rings. The van der Waals surface area contributed by atoms with E-state index in [1.807, 2.05) is 24.3 Å². The highest BCUT2D eigenvalue weighted by atomic mass is 16.4. The van der Waals surface area contributed by atoms with E-state index >= 15 is 0 Å². The van der Waals surface area contributed by atoms with Gasteiger partial charge in [-0.05, 0) is 24.3 Å². The second kappa shape index (κ2) is 4.96. The van der Waals surface area contributed by atoms with Crippen LogP contribution in [0.25, 0.3) is 33.1 Å². The van der Waals surface area contributed by atoms with Crippen molar-refractivity contribution in [2.45, 2.75) is 6.61 Å². The lowest BCUT2D eigenvalue weighted by molar-refractivity contribution is 0.248. The van der Waals surface area contributed by atoms with Crippen molar-refractivity contribution in [2.75, 3.05) is 0 Å². The number of aromatic nitrogens is 2. The van der Waals surface area contributed by atoms with Gasteiger partial charge in [-0.1, -0.05) is 18.2 Å². The molecule has 0 radical (unpaired) electrons. The van der Waals surface area contributed by atoms with Crippen molar-refractivity contribution in [3.05, 3.63) is 58.6 Å². The summed E-state index contributed by atoms with van der Waals surface area (Å²) in [6, 6.07) is 12.4. The molecule has 0 bridgehead atoms. The number of fused-ring (bicyclic) bond motifs is 2. The largest absolute Gasteiger partial charge is 0.494 e. The zero-order chi connectivity index (χ0) is 16.0. The van der Waals surface area contributed by atoms with Crippen LogP contribution in [0.3, 0.4) is 0 Å². The first kappa shape index (κ1) is 13.5. The molecule has 0 aliphatic rings. The molecule has 4 rings (SSSR count). The van der Waals surface area contributed by atoms with Crippen molar-refractivity contribution < 1.29 is 14.6 Å². The topological polar surface area (TPSA) is 99.4 Å². The Morgan fingerprint density at radius 3 is 2.78 bits per heavy atom. The maximum absolute atomic E-state index is 12.3. The van der Waals surface area contributed by atoms with Gasteiger partial charge >= 0.3 is 0 Å². The highest BCUT2D eigenvalue weighted by Gasteiger charge is 2.17. The summed E-state index contributed by atoms with van der Waals surface area (Å²) in [5.41, 5.74) is 0.781. The molecule has 3 N–H and O–H groups in total. The van der Waals surface area contributed by atoms with E-state index in [2.05, 4.69) is 9.97 Å². The van der Waals surface area contributed by atoms with Gasteiger partial charge in [0.2, 0.25) is 5.88 Å². The number of aromatic amines is 1. The van der Waals surface area contributed by atoms with Crippen LogP contribution in [0, 0.1) is 0 Å². The van der Waals surface area contributed by atoms with Gasteiger partial charge in [0.05, 0.1) is 16.4 Å². The van der Waals surface area contributed by atoms with Crippen molar-refractivity contribution in [1.29, 1.82) is 0 Å². The van der Waals surface area contributed by atoms with Gasteiger partial charge < -0.3 is 14.6 Å². The molecule has 0 aliphatic heterocycles. The molecule has 6 heteroatoms. The number of aliphatic hydroxyl groups is 1. The molecule has 0 amide bonds. The van der Waals surface area contributed by atoms with Crippen LogP contribution in [0.5, 0.6) is 5.88 Å². The average Bonchev–Trinajstić information content (AvgIpc) is 3.02. The van der Waals surface area contributed by atoms with Crippen molar-refractivity contribution in [2.24, 2.45) is 0 Å². The van der Waals surface area contributed by atoms with Crippen molar-refractivity contribution in [1.82, 2.24) is 9.97 Å². The third-order valence-electron chi connectivity index (χ3n) is 3.74. The lowest BCUT2D eigenvalue weighted by atomic mass is 10.1. The SMILES string of the molecule is O=c1[nH]c(O)c2cc3ccccc3nc2c1-c1ccc(CO)o1. The molecule has 4 aromatic rings. The molecule has 0 saturated carbocycles. The number of nitrogens with zero attached hydrogens (tertiary/aromatic N) is 1. The van der Waals surface area contributed by atoms with Crippen LogP contribution in [-0.4, -0.2) is 20.2 Å². The Balaban J connectivity index is 2.13. The highest BCUT2D eigenvalue weighted by molar-refractivity contribution is 6.01. The third-order valence-corrected chi connectivity index (χ3v) is 3.74. The monoisotopic (exact) mass is 308 g/mol. The number of hydrogen-bond acceptors (Lipinski definition) is 5. The fraction of sp³-hybridized carbons (Fsp3) is 0.0588. The number of furan rings is 1. The number of para-hydroxylation sites is 1. The summed E-state index contributed by atoms with van der Waals surface area (Å²) in [5, 5.41) is 20.5. The summed E-state index contributed by atoms with van der Waals surface area (Å²) in [7, 11) is 0. The van der Waals surface area contributed by atoms with Gasteiger partial charge in [0.15, 0.2) is 0 Å². The third kappa shape index (κ3) is 2.08. The number of nitrogens with one attached hydrogen (secondary N) is 1. The van der Waals surface area contributed by atoms with E-state index in [0.29, 0.717) is 27.9 Å². The molecular weight excluding hydrogens is 296 g/mol. The van der Waals surface area contributed by atoms with Gasteiger partial charge in [0.1, 0.15) is 23.7 Å². The zero-order valence-corrected chi connectivity index (χ0v) is 11.9. The Labute approximate surface area is 129 Å². The molecule has 6 nitrogen and oxygen atoms in total. The predicted octanol–water partition coefficient (Wildman–Crippen LogP) is 2.53. The number of aromatic hydroxyl groups is 1. The van der Waals surface area contributed by atoms with Crippen molar-refractivity contribution >= 4 is 21.8 Å². The Bertz CT molecular complexity index is 1090. The number of benzene rings is 1. The molecule has 3 heterocycles. The second-order valence-electron chi connectivity index (χ2n) is 5.18. The fourth-order valence-corrected chi connectivity index (χ4v) is 2.66. The molecule has 0 spiro atoms. The van der Waals surface area contributed by atoms with Crippen LogP contribution in [0.15, 0.2) is 51.7 Å². The summed E-state index contributed by atoms with van der Waals surface area (Å²) in [4.78, 5) is 19.2. The van der Waals surface area contributed by atoms with Crippen LogP contribution in [-0.2, 0) is 6.61 Å². The van der Waals surface area contributed by atoms with Gasteiger partial charge in [0.25, 0.3) is 5.56 Å². The van der Waals surface area contributed by atoms with E-state index < -0.39 is 5.56 Å². The van der Waals surface area contributed by atoms with Crippen molar-refractivity contribution in [3.8, 4) is 17.2 Å². The smallest absolute Gasteiger partial charge is 0.264 e. The number of H-pyrrole nitrogens is 1. The first-order valence-electron chi connectivity index (χ1n) is 7.02. The molecule has 3 aromatic heterocycles. The number of pyridine rings is 2. The lowest BCUT2D eigenvalue weighted by Gasteiger charge is -2.07. The summed E-state index contributed by atoms with van der Waals surface area (Å²) in [5.74, 6) is 0.408. The molecule has 0 aliphatic carbocycles. The zero-order valence-electron chi connectivity index (χ0n) is 11.9. The minimum Gasteiger partial charge on any atom is -0.494 e. The highest BCUT2D eigenvalue weighted by Crippen LogP contribution is 2.31. The molecule has 1 aromatic carbocycles. The van der Waals surface area contributed by atoms with Gasteiger partial charge in [-0.3, -0.25) is 9.78 Å². The van der Waals surface area contributed by atoms with Crippen LogP contribution in [0.2, 0.25) is 0 Å². The standard InChI is InChI=1S/C17H12N2O4/c20-8-10-5-6-13(23-10)14-15-11(16(21)19-17(14)22)7-9-3-1-2-4-12(9)18-15/h1-7,20H,8H2,(H2,19,21,22). The van der Waals surface area contributed by atoms with E-state index in [9.17, 15) is 9.90 Å². The summed E-state index contributed by atoms with van der Waals surface area (Å²) < 4.78 is 5.47.